The van der Waals surface area contributed by atoms with E-state index in [2.05, 4.69) is 0 Å². The van der Waals surface area contributed by atoms with Crippen LogP contribution in [0.5, 0.6) is 11.5 Å². The SMILES string of the molecule is Cc1ccc(C#N)c(Oc2ccc(C#N)cc2F)c1. The van der Waals surface area contributed by atoms with Crippen molar-refractivity contribution in [1.82, 2.24) is 0 Å². The highest BCUT2D eigenvalue weighted by Crippen LogP contribution is 2.28. The van der Waals surface area contributed by atoms with Gasteiger partial charge in [0.1, 0.15) is 11.8 Å². The summed E-state index contributed by atoms with van der Waals surface area (Å²) < 4.78 is 19.1. The summed E-state index contributed by atoms with van der Waals surface area (Å²) in [4.78, 5) is 0. The summed E-state index contributed by atoms with van der Waals surface area (Å²) in [5, 5.41) is 17.6. The third-order valence-electron chi connectivity index (χ3n) is 2.54. The third kappa shape index (κ3) is 2.70. The zero-order valence-corrected chi connectivity index (χ0v) is 10.1. The van der Waals surface area contributed by atoms with Crippen LogP contribution < -0.4 is 4.74 Å². The van der Waals surface area contributed by atoms with Crippen LogP contribution >= 0.6 is 0 Å². The third-order valence-corrected chi connectivity index (χ3v) is 2.54. The molecule has 0 aliphatic heterocycles. The number of rotatable bonds is 2. The Morgan fingerprint density at radius 2 is 1.79 bits per heavy atom. The van der Waals surface area contributed by atoms with Gasteiger partial charge >= 0.3 is 0 Å². The van der Waals surface area contributed by atoms with Gasteiger partial charge in [0, 0.05) is 0 Å². The largest absolute Gasteiger partial charge is 0.453 e. The first-order valence-corrected chi connectivity index (χ1v) is 5.52. The van der Waals surface area contributed by atoms with Gasteiger partial charge in [-0.25, -0.2) is 4.39 Å². The lowest BCUT2D eigenvalue weighted by Crippen LogP contribution is -1.92. The van der Waals surface area contributed by atoms with E-state index in [0.717, 1.165) is 11.6 Å². The van der Waals surface area contributed by atoms with Crippen molar-refractivity contribution < 1.29 is 9.13 Å². The first-order valence-electron chi connectivity index (χ1n) is 5.52. The van der Waals surface area contributed by atoms with Crippen LogP contribution in [0.25, 0.3) is 0 Å². The van der Waals surface area contributed by atoms with Crippen LogP contribution in [0, 0.1) is 35.4 Å². The van der Waals surface area contributed by atoms with E-state index < -0.39 is 5.82 Å². The average Bonchev–Trinajstić information content (AvgIpc) is 2.41. The van der Waals surface area contributed by atoms with Crippen LogP contribution in [0.4, 0.5) is 4.39 Å². The number of hydrogen-bond acceptors (Lipinski definition) is 3. The molecule has 0 unspecified atom stereocenters. The molecule has 4 heteroatoms. The average molecular weight is 252 g/mol. The summed E-state index contributed by atoms with van der Waals surface area (Å²) in [5.74, 6) is -0.350. The number of nitrogens with zero attached hydrogens (tertiary/aromatic N) is 2. The van der Waals surface area contributed by atoms with Crippen molar-refractivity contribution in [2.24, 2.45) is 0 Å². The van der Waals surface area contributed by atoms with Crippen molar-refractivity contribution in [2.45, 2.75) is 6.92 Å². The molecule has 0 bridgehead atoms. The molecule has 3 nitrogen and oxygen atoms in total. The molecule has 2 aromatic carbocycles. The number of ether oxygens (including phenoxy) is 1. The van der Waals surface area contributed by atoms with Crippen molar-refractivity contribution >= 4 is 0 Å². The molecule has 0 fully saturated rings. The van der Waals surface area contributed by atoms with Crippen molar-refractivity contribution in [3.63, 3.8) is 0 Å². The Morgan fingerprint density at radius 3 is 2.42 bits per heavy atom. The van der Waals surface area contributed by atoms with Crippen LogP contribution in [0.1, 0.15) is 16.7 Å². The van der Waals surface area contributed by atoms with Gasteiger partial charge in [-0.2, -0.15) is 10.5 Å². The van der Waals surface area contributed by atoms with Gasteiger partial charge in [0.25, 0.3) is 0 Å². The molecule has 0 aliphatic carbocycles. The van der Waals surface area contributed by atoms with Gasteiger partial charge in [0.2, 0.25) is 0 Å². The Labute approximate surface area is 110 Å². The van der Waals surface area contributed by atoms with Crippen LogP contribution in [-0.4, -0.2) is 0 Å². The van der Waals surface area contributed by atoms with Crippen LogP contribution in [-0.2, 0) is 0 Å². The minimum Gasteiger partial charge on any atom is -0.453 e. The molecule has 0 heterocycles. The second-order valence-corrected chi connectivity index (χ2v) is 3.97. The highest BCUT2D eigenvalue weighted by Gasteiger charge is 2.09. The van der Waals surface area contributed by atoms with Gasteiger partial charge in [-0.3, -0.25) is 0 Å². The van der Waals surface area contributed by atoms with Crippen molar-refractivity contribution in [1.29, 1.82) is 10.5 Å². The molecule has 92 valence electrons. The molecule has 19 heavy (non-hydrogen) atoms. The summed E-state index contributed by atoms with van der Waals surface area (Å²) in [5.41, 5.74) is 1.45. The number of aryl methyl sites for hydroxylation is 1. The van der Waals surface area contributed by atoms with Crippen molar-refractivity contribution in [2.75, 3.05) is 0 Å². The normalized spacial score (nSPS) is 9.47. The molecule has 0 radical (unpaired) electrons. The summed E-state index contributed by atoms with van der Waals surface area (Å²) in [6.07, 6.45) is 0. The predicted molar refractivity (Wildman–Crippen MR) is 67.1 cm³/mol. The van der Waals surface area contributed by atoms with E-state index in [-0.39, 0.29) is 11.3 Å². The smallest absolute Gasteiger partial charge is 0.167 e. The lowest BCUT2D eigenvalue weighted by Gasteiger charge is -2.09. The van der Waals surface area contributed by atoms with Crippen LogP contribution in [0.15, 0.2) is 36.4 Å². The molecule has 0 aromatic heterocycles. The summed E-state index contributed by atoms with van der Waals surface area (Å²) in [6.45, 7) is 1.85. The van der Waals surface area contributed by atoms with Gasteiger partial charge in [0.05, 0.1) is 17.2 Å². The number of halogens is 1. The van der Waals surface area contributed by atoms with Crippen LogP contribution in [0.2, 0.25) is 0 Å². The summed E-state index contributed by atoms with van der Waals surface area (Å²) in [7, 11) is 0. The second-order valence-electron chi connectivity index (χ2n) is 3.97. The lowest BCUT2D eigenvalue weighted by molar-refractivity contribution is 0.440. The number of benzene rings is 2. The molecule has 2 aromatic rings. The van der Waals surface area contributed by atoms with E-state index >= 15 is 0 Å². The van der Waals surface area contributed by atoms with Gasteiger partial charge < -0.3 is 4.74 Å². The standard InChI is InChI=1S/C15H9FN2O/c1-10-2-4-12(9-18)15(6-10)19-14-5-3-11(8-17)7-13(14)16/h2-7H,1H3. The monoisotopic (exact) mass is 252 g/mol. The maximum atomic E-state index is 13.7. The maximum Gasteiger partial charge on any atom is 0.167 e. The first-order chi connectivity index (χ1) is 9.13. The highest BCUT2D eigenvalue weighted by molar-refractivity contribution is 5.48. The van der Waals surface area contributed by atoms with Crippen molar-refractivity contribution in [3.8, 4) is 23.6 Å². The number of nitriles is 2. The van der Waals surface area contributed by atoms with E-state index in [1.807, 2.05) is 19.1 Å². The quantitative estimate of drug-likeness (QED) is 0.819. The molecule has 0 atom stereocenters. The Hall–Kier alpha value is -2.85. The summed E-state index contributed by atoms with van der Waals surface area (Å²) >= 11 is 0. The minimum atomic E-state index is -0.635. The zero-order chi connectivity index (χ0) is 13.8. The minimum absolute atomic E-state index is 0.0129. The van der Waals surface area contributed by atoms with E-state index in [1.54, 1.807) is 18.2 Å². The van der Waals surface area contributed by atoms with E-state index in [9.17, 15) is 4.39 Å². The number of hydrogen-bond donors (Lipinski definition) is 0. The van der Waals surface area contributed by atoms with Gasteiger partial charge in [0.15, 0.2) is 11.6 Å². The molecule has 0 saturated heterocycles. The molecule has 0 spiro atoms. The molecule has 2 rings (SSSR count). The molecule has 0 aliphatic rings. The summed E-state index contributed by atoms with van der Waals surface area (Å²) in [6, 6.07) is 12.8. The van der Waals surface area contributed by atoms with E-state index in [4.69, 9.17) is 15.3 Å². The van der Waals surface area contributed by atoms with E-state index in [0.29, 0.717) is 11.3 Å². The van der Waals surface area contributed by atoms with Gasteiger partial charge in [-0.05, 0) is 42.8 Å². The zero-order valence-electron chi connectivity index (χ0n) is 10.1. The Kier molecular flexibility index (Phi) is 3.45. The fourth-order valence-electron chi connectivity index (χ4n) is 1.58. The van der Waals surface area contributed by atoms with E-state index in [1.165, 1.54) is 12.1 Å². The fraction of sp³-hybridized carbons (Fsp3) is 0.0667. The Morgan fingerprint density at radius 1 is 1.00 bits per heavy atom. The highest BCUT2D eigenvalue weighted by atomic mass is 19.1. The molecular formula is C15H9FN2O. The Bertz CT molecular complexity index is 711. The fourth-order valence-corrected chi connectivity index (χ4v) is 1.58. The maximum absolute atomic E-state index is 13.7. The molecular weight excluding hydrogens is 243 g/mol. The lowest BCUT2D eigenvalue weighted by atomic mass is 10.1. The Balaban J connectivity index is 2.40. The van der Waals surface area contributed by atoms with Gasteiger partial charge in [-0.1, -0.05) is 6.07 Å². The predicted octanol–water partition coefficient (Wildman–Crippen LogP) is 3.67. The molecule has 0 saturated carbocycles. The molecule has 0 amide bonds. The van der Waals surface area contributed by atoms with Gasteiger partial charge in [-0.15, -0.1) is 0 Å². The van der Waals surface area contributed by atoms with Crippen LogP contribution in [0.3, 0.4) is 0 Å². The molecule has 0 N–H and O–H groups in total. The first kappa shape index (κ1) is 12.6. The topological polar surface area (TPSA) is 56.8 Å². The second kappa shape index (κ2) is 5.20. The van der Waals surface area contributed by atoms with Crippen molar-refractivity contribution in [3.05, 3.63) is 58.9 Å².